The number of fused-ring (bicyclic) bond motifs is 1. The van der Waals surface area contributed by atoms with Gasteiger partial charge in [-0.1, -0.05) is 12.1 Å². The summed E-state index contributed by atoms with van der Waals surface area (Å²) < 4.78 is 0. The van der Waals surface area contributed by atoms with Crippen molar-refractivity contribution in [2.45, 2.75) is 27.2 Å². The zero-order valence-corrected chi connectivity index (χ0v) is 10.4. The maximum Gasteiger partial charge on any atom is 0.309 e. The van der Waals surface area contributed by atoms with Crippen molar-refractivity contribution in [1.29, 1.82) is 0 Å². The van der Waals surface area contributed by atoms with Gasteiger partial charge >= 0.3 is 5.97 Å². The van der Waals surface area contributed by atoms with Gasteiger partial charge in [-0.05, 0) is 44.9 Å². The van der Waals surface area contributed by atoms with Gasteiger partial charge in [0.1, 0.15) is 0 Å². The van der Waals surface area contributed by atoms with Crippen molar-refractivity contribution in [1.82, 2.24) is 4.98 Å². The summed E-state index contributed by atoms with van der Waals surface area (Å²) in [5.74, 6) is -0.762. The molecule has 0 radical (unpaired) electrons. The van der Waals surface area contributed by atoms with Crippen LogP contribution in [-0.4, -0.2) is 16.1 Å². The highest BCUT2D eigenvalue weighted by molar-refractivity contribution is 5.85. The van der Waals surface area contributed by atoms with Crippen LogP contribution >= 0.6 is 0 Å². The third-order valence-electron chi connectivity index (χ3n) is 3.10. The molecular weight excluding hydrogens is 214 g/mol. The molecule has 2 aromatic rings. The van der Waals surface area contributed by atoms with E-state index in [0.717, 1.165) is 22.2 Å². The van der Waals surface area contributed by atoms with Gasteiger partial charge in [-0.2, -0.15) is 0 Å². The number of hydrogen-bond donors (Lipinski definition) is 2. The summed E-state index contributed by atoms with van der Waals surface area (Å²) in [6, 6.07) is 8.05. The smallest absolute Gasteiger partial charge is 0.309 e. The van der Waals surface area contributed by atoms with E-state index in [1.54, 1.807) is 13.8 Å². The first kappa shape index (κ1) is 11.7. The maximum atomic E-state index is 11.2. The van der Waals surface area contributed by atoms with E-state index in [0.29, 0.717) is 6.42 Å². The van der Waals surface area contributed by atoms with Crippen LogP contribution in [0, 0.1) is 12.3 Å². The highest BCUT2D eigenvalue weighted by Crippen LogP contribution is 2.27. The number of nitrogens with one attached hydrogen (secondary N) is 1. The molecule has 0 fully saturated rings. The van der Waals surface area contributed by atoms with Crippen molar-refractivity contribution in [3.63, 3.8) is 0 Å². The van der Waals surface area contributed by atoms with E-state index in [9.17, 15) is 9.90 Å². The molecule has 90 valence electrons. The molecule has 2 rings (SSSR count). The lowest BCUT2D eigenvalue weighted by Gasteiger charge is -2.19. The minimum atomic E-state index is -0.762. The van der Waals surface area contributed by atoms with Gasteiger partial charge in [0.25, 0.3) is 0 Å². The molecule has 0 aliphatic rings. The summed E-state index contributed by atoms with van der Waals surface area (Å²) in [4.78, 5) is 14.4. The monoisotopic (exact) mass is 231 g/mol. The summed E-state index contributed by atoms with van der Waals surface area (Å²) in [5, 5.41) is 10.3. The average Bonchev–Trinajstić information content (AvgIpc) is 2.59. The molecule has 3 nitrogen and oxygen atoms in total. The highest BCUT2D eigenvalue weighted by Gasteiger charge is 2.28. The molecule has 0 bridgehead atoms. The van der Waals surface area contributed by atoms with Gasteiger partial charge in [0, 0.05) is 16.6 Å². The second kappa shape index (κ2) is 3.91. The number of carbonyl (C=O) groups is 1. The summed E-state index contributed by atoms with van der Waals surface area (Å²) in [7, 11) is 0. The molecule has 1 aromatic heterocycles. The summed E-state index contributed by atoms with van der Waals surface area (Å²) >= 11 is 0. The molecule has 0 saturated heterocycles. The van der Waals surface area contributed by atoms with Crippen molar-refractivity contribution < 1.29 is 9.90 Å². The molecule has 0 amide bonds. The van der Waals surface area contributed by atoms with Gasteiger partial charge in [0.15, 0.2) is 0 Å². The molecule has 0 saturated carbocycles. The van der Waals surface area contributed by atoms with E-state index in [-0.39, 0.29) is 0 Å². The fraction of sp³-hybridized carbons (Fsp3) is 0.357. The quantitative estimate of drug-likeness (QED) is 0.852. The Balaban J connectivity index is 2.46. The van der Waals surface area contributed by atoms with Crippen LogP contribution in [0.2, 0.25) is 0 Å². The fourth-order valence-corrected chi connectivity index (χ4v) is 2.06. The van der Waals surface area contributed by atoms with Crippen molar-refractivity contribution >= 4 is 16.9 Å². The zero-order chi connectivity index (χ0) is 12.6. The van der Waals surface area contributed by atoms with Crippen molar-refractivity contribution in [2.24, 2.45) is 5.41 Å². The standard InChI is InChI=1S/C14H17NO2/c1-9-7-11-10(5-4-6-12(11)15-9)8-14(2,3)13(16)17/h4-7,15H,8H2,1-3H3,(H,16,17). The molecule has 1 aromatic carbocycles. The lowest BCUT2D eigenvalue weighted by Crippen LogP contribution is -2.26. The van der Waals surface area contributed by atoms with Crippen LogP contribution in [-0.2, 0) is 11.2 Å². The van der Waals surface area contributed by atoms with Gasteiger partial charge in [0.05, 0.1) is 5.41 Å². The van der Waals surface area contributed by atoms with Crippen LogP contribution in [0.25, 0.3) is 10.9 Å². The van der Waals surface area contributed by atoms with Gasteiger partial charge in [-0.15, -0.1) is 0 Å². The van der Waals surface area contributed by atoms with Crippen LogP contribution in [0.15, 0.2) is 24.3 Å². The third kappa shape index (κ3) is 2.18. The van der Waals surface area contributed by atoms with E-state index in [1.807, 2.05) is 25.1 Å². The maximum absolute atomic E-state index is 11.2. The first-order valence-electron chi connectivity index (χ1n) is 5.71. The lowest BCUT2D eigenvalue weighted by molar-refractivity contribution is -0.146. The van der Waals surface area contributed by atoms with Crippen LogP contribution in [0.1, 0.15) is 25.1 Å². The number of carboxylic acids is 1. The number of aromatic amines is 1. The van der Waals surface area contributed by atoms with Crippen molar-refractivity contribution in [3.05, 3.63) is 35.5 Å². The second-order valence-electron chi connectivity index (χ2n) is 5.20. The summed E-state index contributed by atoms with van der Waals surface area (Å²) in [5.41, 5.74) is 2.51. The Morgan fingerprint density at radius 3 is 2.76 bits per heavy atom. The number of carboxylic acid groups (broad SMARTS) is 1. The summed E-state index contributed by atoms with van der Waals surface area (Å²) in [6.45, 7) is 5.52. The number of aromatic nitrogens is 1. The molecule has 0 unspecified atom stereocenters. The van der Waals surface area contributed by atoms with Gasteiger partial charge in [0.2, 0.25) is 0 Å². The number of H-pyrrole nitrogens is 1. The molecule has 3 heteroatoms. The molecule has 0 aliphatic heterocycles. The Hall–Kier alpha value is -1.77. The minimum Gasteiger partial charge on any atom is -0.481 e. The number of aliphatic carboxylic acids is 1. The van der Waals surface area contributed by atoms with Gasteiger partial charge in [-0.25, -0.2) is 0 Å². The zero-order valence-electron chi connectivity index (χ0n) is 10.4. The Kier molecular flexibility index (Phi) is 2.69. The second-order valence-corrected chi connectivity index (χ2v) is 5.20. The number of benzene rings is 1. The van der Waals surface area contributed by atoms with E-state index in [4.69, 9.17) is 0 Å². The van der Waals surface area contributed by atoms with E-state index < -0.39 is 11.4 Å². The van der Waals surface area contributed by atoms with E-state index in [1.165, 1.54) is 0 Å². The lowest BCUT2D eigenvalue weighted by atomic mass is 9.85. The molecule has 17 heavy (non-hydrogen) atoms. The topological polar surface area (TPSA) is 53.1 Å². The van der Waals surface area contributed by atoms with Crippen LogP contribution in [0.5, 0.6) is 0 Å². The van der Waals surface area contributed by atoms with Gasteiger partial charge in [-0.3, -0.25) is 4.79 Å². The summed E-state index contributed by atoms with van der Waals surface area (Å²) in [6.07, 6.45) is 0.539. The minimum absolute atomic E-state index is 0.539. The van der Waals surface area contributed by atoms with E-state index >= 15 is 0 Å². The first-order chi connectivity index (χ1) is 7.90. The molecule has 1 heterocycles. The SMILES string of the molecule is Cc1cc2c(CC(C)(C)C(=O)O)cccc2[nH]1. The molecule has 0 atom stereocenters. The Labute approximate surface area is 100 Å². The van der Waals surface area contributed by atoms with Gasteiger partial charge < -0.3 is 10.1 Å². The van der Waals surface area contributed by atoms with Crippen molar-refractivity contribution in [2.75, 3.05) is 0 Å². The fourth-order valence-electron chi connectivity index (χ4n) is 2.06. The first-order valence-corrected chi connectivity index (χ1v) is 5.71. The molecular formula is C14H17NO2. The molecule has 0 spiro atoms. The Bertz CT molecular complexity index is 567. The van der Waals surface area contributed by atoms with Crippen molar-refractivity contribution in [3.8, 4) is 0 Å². The van der Waals surface area contributed by atoms with Crippen LogP contribution in [0.3, 0.4) is 0 Å². The van der Waals surface area contributed by atoms with Crippen LogP contribution in [0.4, 0.5) is 0 Å². The van der Waals surface area contributed by atoms with E-state index in [2.05, 4.69) is 11.1 Å². The average molecular weight is 231 g/mol. The normalized spacial score (nSPS) is 11.9. The largest absolute Gasteiger partial charge is 0.481 e. The third-order valence-corrected chi connectivity index (χ3v) is 3.10. The Morgan fingerprint density at radius 1 is 1.41 bits per heavy atom. The predicted octanol–water partition coefficient (Wildman–Crippen LogP) is 3.13. The Morgan fingerprint density at radius 2 is 2.12 bits per heavy atom. The number of hydrogen-bond acceptors (Lipinski definition) is 1. The van der Waals surface area contributed by atoms with Crippen LogP contribution < -0.4 is 0 Å². The molecule has 2 N–H and O–H groups in total. The number of rotatable bonds is 3. The molecule has 0 aliphatic carbocycles. The highest BCUT2D eigenvalue weighted by atomic mass is 16.4. The number of aryl methyl sites for hydroxylation is 1. The predicted molar refractivity (Wildman–Crippen MR) is 68.2 cm³/mol.